The molecular weight excluding hydrogens is 276 g/mol. The molecule has 1 aromatic carbocycles. The summed E-state index contributed by atoms with van der Waals surface area (Å²) in [6.45, 7) is 5.04. The molecule has 1 fully saturated rings. The van der Waals surface area contributed by atoms with Gasteiger partial charge in [-0.2, -0.15) is 0 Å². The molecule has 1 aliphatic heterocycles. The molecule has 1 amide bonds. The van der Waals surface area contributed by atoms with E-state index in [0.717, 1.165) is 51.1 Å². The average Bonchev–Trinajstić information content (AvgIpc) is 2.90. The topological polar surface area (TPSA) is 41.6 Å². The van der Waals surface area contributed by atoms with Crippen LogP contribution in [-0.2, 0) is 11.2 Å². The van der Waals surface area contributed by atoms with E-state index in [1.807, 2.05) is 12.1 Å². The Morgan fingerprint density at radius 1 is 1.36 bits per heavy atom. The Kier molecular flexibility index (Phi) is 6.72. The number of methoxy groups -OCH3 is 1. The van der Waals surface area contributed by atoms with E-state index in [9.17, 15) is 4.79 Å². The predicted octanol–water partition coefficient (Wildman–Crippen LogP) is 2.62. The van der Waals surface area contributed by atoms with Crippen LogP contribution in [0.4, 0.5) is 0 Å². The van der Waals surface area contributed by atoms with Crippen LogP contribution in [0.2, 0.25) is 0 Å². The van der Waals surface area contributed by atoms with Crippen LogP contribution in [-0.4, -0.2) is 43.6 Å². The number of ether oxygens (including phenoxy) is 1. The highest BCUT2D eigenvalue weighted by molar-refractivity contribution is 5.78. The maximum absolute atomic E-state index is 12.1. The molecule has 0 bridgehead atoms. The van der Waals surface area contributed by atoms with Gasteiger partial charge in [-0.1, -0.05) is 19.1 Å². The maximum atomic E-state index is 12.1. The number of likely N-dealkylation sites (tertiary alicyclic amines) is 1. The second kappa shape index (κ2) is 8.79. The van der Waals surface area contributed by atoms with E-state index in [0.29, 0.717) is 18.4 Å². The molecule has 122 valence electrons. The molecule has 0 aromatic heterocycles. The first-order valence-corrected chi connectivity index (χ1v) is 8.37. The summed E-state index contributed by atoms with van der Waals surface area (Å²) in [6, 6.07) is 8.51. The molecule has 4 nitrogen and oxygen atoms in total. The first-order valence-electron chi connectivity index (χ1n) is 8.37. The summed E-state index contributed by atoms with van der Waals surface area (Å²) in [4.78, 5) is 14.2. The van der Waals surface area contributed by atoms with Crippen molar-refractivity contribution in [3.63, 3.8) is 0 Å². The summed E-state index contributed by atoms with van der Waals surface area (Å²) < 4.78 is 5.26. The van der Waals surface area contributed by atoms with Gasteiger partial charge in [0.2, 0.25) is 5.91 Å². The van der Waals surface area contributed by atoms with Crippen molar-refractivity contribution in [1.29, 1.82) is 0 Å². The molecule has 4 heteroatoms. The molecule has 1 unspecified atom stereocenters. The molecule has 0 radical (unpaired) electrons. The number of hydrogen-bond acceptors (Lipinski definition) is 3. The number of nitrogens with zero attached hydrogens (tertiary/aromatic N) is 1. The molecule has 1 heterocycles. The molecule has 1 N–H and O–H groups in total. The van der Waals surface area contributed by atoms with Crippen molar-refractivity contribution in [3.05, 3.63) is 29.8 Å². The third-order valence-electron chi connectivity index (χ3n) is 4.31. The highest BCUT2D eigenvalue weighted by Crippen LogP contribution is 2.22. The fourth-order valence-electron chi connectivity index (χ4n) is 3.05. The van der Waals surface area contributed by atoms with E-state index >= 15 is 0 Å². The van der Waals surface area contributed by atoms with Gasteiger partial charge in [-0.3, -0.25) is 4.79 Å². The Hall–Kier alpha value is -1.55. The minimum atomic E-state index is 0.309. The minimum Gasteiger partial charge on any atom is -0.497 e. The van der Waals surface area contributed by atoms with Crippen molar-refractivity contribution >= 4 is 5.91 Å². The van der Waals surface area contributed by atoms with Crippen molar-refractivity contribution in [2.75, 3.05) is 26.7 Å². The van der Waals surface area contributed by atoms with Crippen LogP contribution in [0.5, 0.6) is 5.75 Å². The lowest BCUT2D eigenvalue weighted by atomic mass is 10.1. The fourth-order valence-corrected chi connectivity index (χ4v) is 3.05. The number of rotatable bonds is 9. The lowest BCUT2D eigenvalue weighted by Crippen LogP contribution is -2.36. The SMILES string of the molecule is CCCNCCC1CCC(=O)N1CCc1cccc(OC)c1. The minimum absolute atomic E-state index is 0.309. The number of amides is 1. The van der Waals surface area contributed by atoms with Crippen LogP contribution in [0.15, 0.2) is 24.3 Å². The van der Waals surface area contributed by atoms with Gasteiger partial charge in [0.25, 0.3) is 0 Å². The molecule has 1 atom stereocenters. The van der Waals surface area contributed by atoms with E-state index in [2.05, 4.69) is 29.3 Å². The van der Waals surface area contributed by atoms with Crippen LogP contribution in [0.3, 0.4) is 0 Å². The van der Waals surface area contributed by atoms with Crippen molar-refractivity contribution in [2.24, 2.45) is 0 Å². The van der Waals surface area contributed by atoms with Crippen molar-refractivity contribution < 1.29 is 9.53 Å². The van der Waals surface area contributed by atoms with Gasteiger partial charge in [0.05, 0.1) is 7.11 Å². The summed E-state index contributed by atoms with van der Waals surface area (Å²) in [5.74, 6) is 1.19. The number of benzene rings is 1. The third-order valence-corrected chi connectivity index (χ3v) is 4.31. The monoisotopic (exact) mass is 304 g/mol. The van der Waals surface area contributed by atoms with Gasteiger partial charge in [-0.15, -0.1) is 0 Å². The predicted molar refractivity (Wildman–Crippen MR) is 89.2 cm³/mol. The van der Waals surface area contributed by atoms with Gasteiger partial charge in [-0.25, -0.2) is 0 Å². The van der Waals surface area contributed by atoms with E-state index in [4.69, 9.17) is 4.74 Å². The normalized spacial score (nSPS) is 18.0. The number of carbonyl (C=O) groups is 1. The van der Waals surface area contributed by atoms with Crippen molar-refractivity contribution in [2.45, 2.75) is 45.1 Å². The standard InChI is InChI=1S/C18H28N2O2/c1-3-11-19-12-9-16-7-8-18(21)20(16)13-10-15-5-4-6-17(14-15)22-2/h4-6,14,16,19H,3,7-13H2,1-2H3. The Morgan fingerprint density at radius 2 is 2.23 bits per heavy atom. The summed E-state index contributed by atoms with van der Waals surface area (Å²) in [5, 5.41) is 3.43. The highest BCUT2D eigenvalue weighted by atomic mass is 16.5. The summed E-state index contributed by atoms with van der Waals surface area (Å²) >= 11 is 0. The van der Waals surface area contributed by atoms with Crippen LogP contribution < -0.4 is 10.1 Å². The van der Waals surface area contributed by atoms with E-state index in [1.165, 1.54) is 5.56 Å². The molecule has 22 heavy (non-hydrogen) atoms. The van der Waals surface area contributed by atoms with E-state index in [1.54, 1.807) is 7.11 Å². The smallest absolute Gasteiger partial charge is 0.222 e. The highest BCUT2D eigenvalue weighted by Gasteiger charge is 2.29. The van der Waals surface area contributed by atoms with Crippen LogP contribution in [0, 0.1) is 0 Å². The second-order valence-corrected chi connectivity index (χ2v) is 5.92. The zero-order valence-corrected chi connectivity index (χ0v) is 13.8. The van der Waals surface area contributed by atoms with Crippen LogP contribution in [0.1, 0.15) is 38.2 Å². The maximum Gasteiger partial charge on any atom is 0.222 e. The van der Waals surface area contributed by atoms with E-state index in [-0.39, 0.29) is 0 Å². The Morgan fingerprint density at radius 3 is 3.00 bits per heavy atom. The van der Waals surface area contributed by atoms with Gasteiger partial charge in [0.15, 0.2) is 0 Å². The van der Waals surface area contributed by atoms with Gasteiger partial charge in [-0.05, 0) is 56.5 Å². The third kappa shape index (κ3) is 4.73. The Bertz CT molecular complexity index is 476. The summed E-state index contributed by atoms with van der Waals surface area (Å²) in [7, 11) is 1.68. The number of nitrogens with one attached hydrogen (secondary N) is 1. The van der Waals surface area contributed by atoms with Gasteiger partial charge >= 0.3 is 0 Å². The quantitative estimate of drug-likeness (QED) is 0.713. The van der Waals surface area contributed by atoms with Gasteiger partial charge in [0, 0.05) is 19.0 Å². The van der Waals surface area contributed by atoms with Crippen LogP contribution in [0.25, 0.3) is 0 Å². The van der Waals surface area contributed by atoms with Gasteiger partial charge in [0.1, 0.15) is 5.75 Å². The average molecular weight is 304 g/mol. The molecule has 0 saturated carbocycles. The second-order valence-electron chi connectivity index (χ2n) is 5.92. The largest absolute Gasteiger partial charge is 0.497 e. The molecular formula is C18H28N2O2. The molecule has 1 aliphatic rings. The van der Waals surface area contributed by atoms with E-state index < -0.39 is 0 Å². The first kappa shape index (κ1) is 16.8. The fraction of sp³-hybridized carbons (Fsp3) is 0.611. The van der Waals surface area contributed by atoms with Crippen molar-refractivity contribution in [3.8, 4) is 5.75 Å². The Balaban J connectivity index is 1.84. The first-order chi connectivity index (χ1) is 10.7. The Labute approximate surface area is 133 Å². The van der Waals surface area contributed by atoms with Crippen molar-refractivity contribution in [1.82, 2.24) is 10.2 Å². The lowest BCUT2D eigenvalue weighted by molar-refractivity contribution is -0.129. The molecule has 0 spiro atoms. The summed E-state index contributed by atoms with van der Waals surface area (Å²) in [5.41, 5.74) is 1.22. The van der Waals surface area contributed by atoms with Crippen LogP contribution >= 0.6 is 0 Å². The van der Waals surface area contributed by atoms with Gasteiger partial charge < -0.3 is 15.0 Å². The number of carbonyl (C=O) groups excluding carboxylic acids is 1. The summed E-state index contributed by atoms with van der Waals surface area (Å²) in [6.07, 6.45) is 4.82. The molecule has 0 aliphatic carbocycles. The molecule has 1 aromatic rings. The number of hydrogen-bond donors (Lipinski definition) is 1. The lowest BCUT2D eigenvalue weighted by Gasteiger charge is -2.25. The molecule has 1 saturated heterocycles. The zero-order valence-electron chi connectivity index (χ0n) is 13.8. The molecule has 2 rings (SSSR count). The zero-order chi connectivity index (χ0) is 15.8.